The summed E-state index contributed by atoms with van der Waals surface area (Å²) in [6.07, 6.45) is -6.55. The molecule has 1 aliphatic rings. The molecule has 4 N–H and O–H groups in total. The lowest BCUT2D eigenvalue weighted by atomic mass is 9.99. The summed E-state index contributed by atoms with van der Waals surface area (Å²) in [7, 11) is 1.47. The van der Waals surface area contributed by atoms with Gasteiger partial charge in [-0.1, -0.05) is 12.1 Å². The maximum atomic E-state index is 9.86. The van der Waals surface area contributed by atoms with Crippen LogP contribution in [0.15, 0.2) is 24.3 Å². The summed E-state index contributed by atoms with van der Waals surface area (Å²) in [4.78, 5) is 0. The molecule has 0 aliphatic carbocycles. The Morgan fingerprint density at radius 3 is 2.30 bits per heavy atom. The highest BCUT2D eigenvalue weighted by Gasteiger charge is 2.44. The van der Waals surface area contributed by atoms with E-state index in [1.165, 1.54) is 7.11 Å². The van der Waals surface area contributed by atoms with Crippen LogP contribution >= 0.6 is 0 Å². The molecular weight excluding hydrogens is 268 g/mol. The number of hydrogen-bond acceptors (Lipinski definition) is 7. The van der Waals surface area contributed by atoms with Crippen LogP contribution in [0.2, 0.25) is 0 Å². The molecule has 20 heavy (non-hydrogen) atoms. The Morgan fingerprint density at radius 2 is 1.70 bits per heavy atom. The van der Waals surface area contributed by atoms with Crippen LogP contribution in [0, 0.1) is 0 Å². The summed E-state index contributed by atoms with van der Waals surface area (Å²) in [5.74, 6) is 0.754. The van der Waals surface area contributed by atoms with Crippen molar-refractivity contribution in [1.82, 2.24) is 0 Å². The summed E-state index contributed by atoms with van der Waals surface area (Å²) >= 11 is 0. The van der Waals surface area contributed by atoms with Gasteiger partial charge in [0.05, 0.1) is 13.7 Å². The van der Waals surface area contributed by atoms with Gasteiger partial charge >= 0.3 is 0 Å². The molecule has 0 radical (unpaired) electrons. The molecule has 7 heteroatoms. The zero-order valence-corrected chi connectivity index (χ0v) is 10.9. The second kappa shape index (κ2) is 6.38. The van der Waals surface area contributed by atoms with Crippen LogP contribution in [-0.2, 0) is 4.74 Å². The van der Waals surface area contributed by atoms with E-state index < -0.39 is 37.3 Å². The molecule has 1 fully saturated rings. The van der Waals surface area contributed by atoms with E-state index in [1.54, 1.807) is 24.3 Å². The first-order valence-corrected chi connectivity index (χ1v) is 6.18. The second-order valence-corrected chi connectivity index (χ2v) is 4.47. The predicted molar refractivity (Wildman–Crippen MR) is 67.4 cm³/mol. The normalized spacial score (nSPS) is 33.8. The first-order chi connectivity index (χ1) is 9.58. The van der Waals surface area contributed by atoms with Crippen molar-refractivity contribution in [2.24, 2.45) is 0 Å². The molecule has 1 saturated heterocycles. The summed E-state index contributed by atoms with van der Waals surface area (Å²) in [5, 5.41) is 38.3. The van der Waals surface area contributed by atoms with E-state index in [4.69, 9.17) is 19.3 Å². The number of benzene rings is 1. The molecule has 1 heterocycles. The van der Waals surface area contributed by atoms with Crippen molar-refractivity contribution in [3.05, 3.63) is 24.3 Å². The molecule has 7 nitrogen and oxygen atoms in total. The average Bonchev–Trinajstić information content (AvgIpc) is 2.48. The summed E-state index contributed by atoms with van der Waals surface area (Å²) in [5.41, 5.74) is 0. The first-order valence-electron chi connectivity index (χ1n) is 6.18. The van der Waals surface area contributed by atoms with Gasteiger partial charge in [-0.3, -0.25) is 0 Å². The van der Waals surface area contributed by atoms with Gasteiger partial charge in [0.15, 0.2) is 11.5 Å². The summed E-state index contributed by atoms with van der Waals surface area (Å²) in [6, 6.07) is 6.74. The fourth-order valence-electron chi connectivity index (χ4n) is 2.01. The van der Waals surface area contributed by atoms with Gasteiger partial charge in [-0.25, -0.2) is 0 Å². The molecular formula is C13H18O7. The Kier molecular flexibility index (Phi) is 4.79. The van der Waals surface area contributed by atoms with Gasteiger partial charge in [0.25, 0.3) is 0 Å². The quantitative estimate of drug-likeness (QED) is 0.555. The van der Waals surface area contributed by atoms with Gasteiger partial charge in [0, 0.05) is 0 Å². The van der Waals surface area contributed by atoms with E-state index in [1.807, 2.05) is 0 Å². The fourth-order valence-corrected chi connectivity index (χ4v) is 2.01. The topological polar surface area (TPSA) is 109 Å². The highest BCUT2D eigenvalue weighted by molar-refractivity contribution is 5.39. The molecule has 1 aliphatic heterocycles. The molecule has 0 bridgehead atoms. The number of rotatable bonds is 4. The van der Waals surface area contributed by atoms with Crippen LogP contribution in [-0.4, -0.2) is 64.8 Å². The zero-order valence-electron chi connectivity index (χ0n) is 10.9. The largest absolute Gasteiger partial charge is 0.493 e. The molecule has 1 aromatic rings. The third-order valence-corrected chi connectivity index (χ3v) is 3.16. The number of methoxy groups -OCH3 is 1. The SMILES string of the molecule is COc1ccccc1O[C@@H]1O[C@@H](CO)[C@@H](O)[C@@H](O)[C@@H]1O. The monoisotopic (exact) mass is 286 g/mol. The molecule has 0 amide bonds. The molecule has 0 aromatic heterocycles. The van der Waals surface area contributed by atoms with Crippen molar-refractivity contribution in [2.75, 3.05) is 13.7 Å². The van der Waals surface area contributed by atoms with Gasteiger partial charge < -0.3 is 34.6 Å². The Balaban J connectivity index is 2.15. The smallest absolute Gasteiger partial charge is 0.229 e. The number of aliphatic hydroxyl groups excluding tert-OH is 4. The van der Waals surface area contributed by atoms with Crippen LogP contribution in [0.4, 0.5) is 0 Å². The van der Waals surface area contributed by atoms with E-state index in [-0.39, 0.29) is 0 Å². The minimum Gasteiger partial charge on any atom is -0.493 e. The zero-order chi connectivity index (χ0) is 14.7. The van der Waals surface area contributed by atoms with Crippen LogP contribution in [0.1, 0.15) is 0 Å². The number of ether oxygens (including phenoxy) is 3. The van der Waals surface area contributed by atoms with Crippen molar-refractivity contribution in [3.8, 4) is 11.5 Å². The molecule has 0 saturated carbocycles. The van der Waals surface area contributed by atoms with E-state index in [0.29, 0.717) is 11.5 Å². The van der Waals surface area contributed by atoms with Gasteiger partial charge in [-0.2, -0.15) is 0 Å². The van der Waals surface area contributed by atoms with E-state index in [0.717, 1.165) is 0 Å². The predicted octanol–water partition coefficient (Wildman–Crippen LogP) is -1.13. The Morgan fingerprint density at radius 1 is 1.05 bits per heavy atom. The molecule has 0 spiro atoms. The molecule has 2 rings (SSSR count). The van der Waals surface area contributed by atoms with Crippen LogP contribution in [0.5, 0.6) is 11.5 Å². The van der Waals surface area contributed by atoms with Crippen LogP contribution < -0.4 is 9.47 Å². The van der Waals surface area contributed by atoms with E-state index in [9.17, 15) is 15.3 Å². The second-order valence-electron chi connectivity index (χ2n) is 4.47. The van der Waals surface area contributed by atoms with Crippen molar-refractivity contribution in [1.29, 1.82) is 0 Å². The highest BCUT2D eigenvalue weighted by Crippen LogP contribution is 2.30. The van der Waals surface area contributed by atoms with Gasteiger partial charge in [0.2, 0.25) is 6.29 Å². The van der Waals surface area contributed by atoms with Crippen molar-refractivity contribution < 1.29 is 34.6 Å². The molecule has 112 valence electrons. The third kappa shape index (κ3) is 2.87. The Hall–Kier alpha value is -1.38. The Bertz CT molecular complexity index is 436. The maximum absolute atomic E-state index is 9.86. The van der Waals surface area contributed by atoms with Crippen molar-refractivity contribution in [2.45, 2.75) is 30.7 Å². The lowest BCUT2D eigenvalue weighted by Crippen LogP contribution is -2.60. The minimum absolute atomic E-state index is 0.319. The lowest BCUT2D eigenvalue weighted by molar-refractivity contribution is -0.277. The molecule has 5 atom stereocenters. The Labute approximate surface area is 115 Å². The van der Waals surface area contributed by atoms with Gasteiger partial charge in [-0.15, -0.1) is 0 Å². The standard InChI is InChI=1S/C13H18O7/c1-18-7-4-2-3-5-8(7)19-13-12(17)11(16)10(15)9(6-14)20-13/h2-5,9-17H,6H2,1H3/t9-,10+,11+,12-,13+/m0/s1. The van der Waals surface area contributed by atoms with E-state index in [2.05, 4.69) is 0 Å². The molecule has 1 aromatic carbocycles. The number of para-hydroxylation sites is 2. The minimum atomic E-state index is -1.47. The summed E-state index contributed by atoms with van der Waals surface area (Å²) < 4.78 is 15.8. The summed E-state index contributed by atoms with van der Waals surface area (Å²) in [6.45, 7) is -0.503. The maximum Gasteiger partial charge on any atom is 0.229 e. The van der Waals surface area contributed by atoms with Crippen molar-refractivity contribution in [3.63, 3.8) is 0 Å². The van der Waals surface area contributed by atoms with E-state index >= 15 is 0 Å². The van der Waals surface area contributed by atoms with Gasteiger partial charge in [-0.05, 0) is 12.1 Å². The van der Waals surface area contributed by atoms with Crippen LogP contribution in [0.3, 0.4) is 0 Å². The number of hydrogen-bond donors (Lipinski definition) is 4. The van der Waals surface area contributed by atoms with Crippen molar-refractivity contribution >= 4 is 0 Å². The molecule has 0 unspecified atom stereocenters. The van der Waals surface area contributed by atoms with Crippen LogP contribution in [0.25, 0.3) is 0 Å². The first kappa shape index (κ1) is 15.0. The third-order valence-electron chi connectivity index (χ3n) is 3.16. The van der Waals surface area contributed by atoms with Gasteiger partial charge in [0.1, 0.15) is 24.4 Å². The highest BCUT2D eigenvalue weighted by atomic mass is 16.7. The fraction of sp³-hybridized carbons (Fsp3) is 0.538. The lowest BCUT2D eigenvalue weighted by Gasteiger charge is -2.39. The number of aliphatic hydroxyl groups is 4. The average molecular weight is 286 g/mol.